The van der Waals surface area contributed by atoms with Crippen molar-refractivity contribution in [1.29, 1.82) is 5.26 Å². The molecule has 0 aliphatic carbocycles. The zero-order valence-electron chi connectivity index (χ0n) is 12.7. The number of benzene rings is 2. The van der Waals surface area contributed by atoms with E-state index in [1.165, 1.54) is 0 Å². The minimum atomic E-state index is -0.330. The predicted octanol–water partition coefficient (Wildman–Crippen LogP) is 3.75. The monoisotopic (exact) mass is 336 g/mol. The number of carbonyl (C=O) groups is 2. The van der Waals surface area contributed by atoms with Crippen LogP contribution in [0, 0.1) is 11.3 Å². The Hall–Kier alpha value is -2.90. The van der Waals surface area contributed by atoms with Crippen LogP contribution < -0.4 is 4.90 Å². The Kier molecular flexibility index (Phi) is 4.45. The van der Waals surface area contributed by atoms with Crippen LogP contribution in [-0.4, -0.2) is 11.8 Å². The molecule has 0 aromatic heterocycles. The highest BCUT2D eigenvalue weighted by atomic mass is 35.5. The lowest BCUT2D eigenvalue weighted by molar-refractivity contribution is -0.120. The Bertz CT molecular complexity index is 879. The molecule has 2 aromatic carbocycles. The fraction of sp³-hybridized carbons (Fsp3) is 0.105. The fourth-order valence-electron chi connectivity index (χ4n) is 2.59. The minimum absolute atomic E-state index is 0.0608. The first-order valence-corrected chi connectivity index (χ1v) is 7.75. The Morgan fingerprint density at radius 1 is 1.17 bits per heavy atom. The molecular formula is C19H13ClN2O2. The maximum Gasteiger partial charge on any atom is 0.261 e. The number of carbonyl (C=O) groups excluding carboxylic acids is 2. The van der Waals surface area contributed by atoms with Crippen LogP contribution in [0.15, 0.2) is 54.1 Å². The van der Waals surface area contributed by atoms with Gasteiger partial charge in [-0.15, -0.1) is 0 Å². The van der Waals surface area contributed by atoms with Crippen LogP contribution in [0.25, 0.3) is 6.08 Å². The van der Waals surface area contributed by atoms with Crippen LogP contribution >= 0.6 is 11.6 Å². The van der Waals surface area contributed by atoms with Gasteiger partial charge in [-0.1, -0.05) is 41.9 Å². The molecule has 0 spiro atoms. The topological polar surface area (TPSA) is 61.2 Å². The van der Waals surface area contributed by atoms with Gasteiger partial charge in [0.15, 0.2) is 0 Å². The third kappa shape index (κ3) is 3.22. The highest BCUT2D eigenvalue weighted by Crippen LogP contribution is 2.29. The molecule has 5 heteroatoms. The van der Waals surface area contributed by atoms with Crippen LogP contribution in [0.2, 0.25) is 5.02 Å². The van der Waals surface area contributed by atoms with Crippen LogP contribution in [-0.2, 0) is 16.0 Å². The van der Waals surface area contributed by atoms with E-state index in [-0.39, 0.29) is 18.2 Å². The lowest BCUT2D eigenvalue weighted by Crippen LogP contribution is -2.28. The maximum atomic E-state index is 12.6. The molecule has 2 aromatic rings. The second-order valence-electron chi connectivity index (χ2n) is 5.44. The fourth-order valence-corrected chi connectivity index (χ4v) is 2.77. The van der Waals surface area contributed by atoms with Crippen molar-refractivity contribution in [1.82, 2.24) is 0 Å². The van der Waals surface area contributed by atoms with E-state index < -0.39 is 0 Å². The number of nitriles is 1. The van der Waals surface area contributed by atoms with Crippen molar-refractivity contribution in [2.75, 3.05) is 4.90 Å². The van der Waals surface area contributed by atoms with Gasteiger partial charge in [-0.25, -0.2) is 4.90 Å². The largest absolute Gasteiger partial charge is 0.274 e. The van der Waals surface area contributed by atoms with E-state index in [0.717, 1.165) is 16.0 Å². The number of amides is 2. The van der Waals surface area contributed by atoms with Crippen molar-refractivity contribution in [3.8, 4) is 6.07 Å². The van der Waals surface area contributed by atoms with Gasteiger partial charge in [0, 0.05) is 10.6 Å². The molecule has 0 atom stereocenters. The maximum absolute atomic E-state index is 12.6. The molecule has 1 aliphatic rings. The zero-order chi connectivity index (χ0) is 17.1. The highest BCUT2D eigenvalue weighted by Gasteiger charge is 2.34. The molecule has 0 saturated carbocycles. The van der Waals surface area contributed by atoms with Crippen LogP contribution in [0.4, 0.5) is 5.69 Å². The second kappa shape index (κ2) is 6.69. The van der Waals surface area contributed by atoms with E-state index in [2.05, 4.69) is 6.07 Å². The lowest BCUT2D eigenvalue weighted by atomic mass is 10.1. The summed E-state index contributed by atoms with van der Waals surface area (Å²) in [6, 6.07) is 16.1. The summed E-state index contributed by atoms with van der Waals surface area (Å²) in [7, 11) is 0. The number of hydrogen-bond acceptors (Lipinski definition) is 3. The first-order valence-electron chi connectivity index (χ1n) is 7.38. The molecule has 0 radical (unpaired) electrons. The van der Waals surface area contributed by atoms with Crippen LogP contribution in [0.1, 0.15) is 17.5 Å². The van der Waals surface area contributed by atoms with E-state index in [1.807, 2.05) is 24.3 Å². The van der Waals surface area contributed by atoms with Crippen LogP contribution in [0.5, 0.6) is 0 Å². The van der Waals surface area contributed by atoms with Gasteiger partial charge in [-0.3, -0.25) is 9.59 Å². The van der Waals surface area contributed by atoms with Gasteiger partial charge in [0.25, 0.3) is 5.91 Å². The van der Waals surface area contributed by atoms with Crippen molar-refractivity contribution in [3.05, 3.63) is 70.3 Å². The summed E-state index contributed by atoms with van der Waals surface area (Å²) in [5.41, 5.74) is 2.65. The molecule has 3 rings (SSSR count). The van der Waals surface area contributed by atoms with Gasteiger partial charge in [0.1, 0.15) is 0 Å². The quantitative estimate of drug-likeness (QED) is 0.633. The molecule has 2 amide bonds. The Balaban J connectivity index is 1.87. The summed E-state index contributed by atoms with van der Waals surface area (Å²) in [5, 5.41) is 9.15. The van der Waals surface area contributed by atoms with Crippen molar-refractivity contribution in [2.45, 2.75) is 12.8 Å². The molecule has 0 unspecified atom stereocenters. The van der Waals surface area contributed by atoms with Gasteiger partial charge in [-0.05, 0) is 35.4 Å². The first-order chi connectivity index (χ1) is 11.6. The molecule has 4 nitrogen and oxygen atoms in total. The van der Waals surface area contributed by atoms with E-state index in [9.17, 15) is 9.59 Å². The number of hydrogen-bond donors (Lipinski definition) is 0. The van der Waals surface area contributed by atoms with Crippen molar-refractivity contribution >= 4 is 35.2 Å². The van der Waals surface area contributed by atoms with Gasteiger partial charge >= 0.3 is 0 Å². The third-order valence-electron chi connectivity index (χ3n) is 3.74. The zero-order valence-corrected chi connectivity index (χ0v) is 13.5. The van der Waals surface area contributed by atoms with E-state index >= 15 is 0 Å². The van der Waals surface area contributed by atoms with Gasteiger partial charge in [0.05, 0.1) is 24.6 Å². The summed E-state index contributed by atoms with van der Waals surface area (Å²) in [4.78, 5) is 25.9. The number of rotatable bonds is 3. The molecule has 0 bridgehead atoms. The van der Waals surface area contributed by atoms with Gasteiger partial charge in [0.2, 0.25) is 5.91 Å². The second-order valence-corrected chi connectivity index (χ2v) is 5.87. The van der Waals surface area contributed by atoms with Gasteiger partial charge < -0.3 is 0 Å². The number of imide groups is 1. The van der Waals surface area contributed by atoms with E-state index in [4.69, 9.17) is 16.9 Å². The Labute approximate surface area is 144 Å². The first kappa shape index (κ1) is 16.0. The average molecular weight is 337 g/mol. The van der Waals surface area contributed by atoms with Crippen molar-refractivity contribution < 1.29 is 9.59 Å². The predicted molar refractivity (Wildman–Crippen MR) is 92.3 cm³/mol. The third-order valence-corrected chi connectivity index (χ3v) is 3.97. The summed E-state index contributed by atoms with van der Waals surface area (Å²) in [6.45, 7) is 0. The van der Waals surface area contributed by atoms with E-state index in [1.54, 1.807) is 30.3 Å². The van der Waals surface area contributed by atoms with Crippen LogP contribution in [0.3, 0.4) is 0 Å². The number of halogens is 1. The van der Waals surface area contributed by atoms with Gasteiger partial charge in [-0.2, -0.15) is 5.26 Å². The van der Waals surface area contributed by atoms with Crippen molar-refractivity contribution in [3.63, 3.8) is 0 Å². The highest BCUT2D eigenvalue weighted by molar-refractivity contribution is 6.32. The molecular weight excluding hydrogens is 324 g/mol. The normalized spacial score (nSPS) is 15.8. The number of anilines is 1. The molecule has 1 heterocycles. The van der Waals surface area contributed by atoms with E-state index in [0.29, 0.717) is 22.7 Å². The lowest BCUT2D eigenvalue weighted by Gasteiger charge is -2.13. The molecule has 1 saturated heterocycles. The smallest absolute Gasteiger partial charge is 0.261 e. The summed E-state index contributed by atoms with van der Waals surface area (Å²) < 4.78 is 0. The SMILES string of the molecule is N#CCc1ccc(/C=C2\CC(=O)N(c3cccc(Cl)c3)C2=O)cc1. The summed E-state index contributed by atoms with van der Waals surface area (Å²) in [6.07, 6.45) is 2.11. The van der Waals surface area contributed by atoms with Crippen molar-refractivity contribution in [2.24, 2.45) is 0 Å². The molecule has 1 fully saturated rings. The standard InChI is InChI=1S/C19H13ClN2O2/c20-16-2-1-3-17(12-16)22-18(23)11-15(19(22)24)10-14-6-4-13(5-7-14)8-9-21/h1-7,10,12H,8,11H2/b15-10+. The number of nitrogens with zero attached hydrogens (tertiary/aromatic N) is 2. The average Bonchev–Trinajstić information content (AvgIpc) is 2.83. The molecule has 118 valence electrons. The minimum Gasteiger partial charge on any atom is -0.274 e. The molecule has 1 aliphatic heterocycles. The summed E-state index contributed by atoms with van der Waals surface area (Å²) >= 11 is 5.94. The summed E-state index contributed by atoms with van der Waals surface area (Å²) in [5.74, 6) is -0.599. The Morgan fingerprint density at radius 3 is 2.58 bits per heavy atom. The Morgan fingerprint density at radius 2 is 1.92 bits per heavy atom. The molecule has 24 heavy (non-hydrogen) atoms. The molecule has 0 N–H and O–H groups in total.